The fourth-order valence-electron chi connectivity index (χ4n) is 5.64. The van der Waals surface area contributed by atoms with Crippen molar-refractivity contribution >= 4 is 48.5 Å². The molecule has 1 N–H and O–H groups in total. The number of tetrazole rings is 1. The number of hydrogen-bond donors (Lipinski definition) is 1. The maximum absolute atomic E-state index is 15.3. The van der Waals surface area contributed by atoms with Crippen LogP contribution in [0.1, 0.15) is 43.9 Å². The number of nitrogens with zero attached hydrogens (tertiary/aromatic N) is 5. The van der Waals surface area contributed by atoms with Crippen LogP contribution in [0.4, 0.5) is 4.79 Å². The number of rotatable bonds is 17. The summed E-state index contributed by atoms with van der Waals surface area (Å²) in [5.41, 5.74) is 1.49. The minimum Gasteiger partial charge on any atom is -0.497 e. The van der Waals surface area contributed by atoms with Gasteiger partial charge < -0.3 is 24.3 Å². The van der Waals surface area contributed by atoms with Crippen LogP contribution in [0.25, 0.3) is 11.4 Å². The number of amides is 1. The number of methoxy groups -OCH3 is 3. The minimum atomic E-state index is -4.71. The first-order valence-electron chi connectivity index (χ1n) is 17.7. The molecular formula is C39H45IN6O9S2. The van der Waals surface area contributed by atoms with Crippen molar-refractivity contribution in [1.29, 1.82) is 0 Å². The smallest absolute Gasteiger partial charge is 0.407 e. The molecule has 0 atom stereocenters. The van der Waals surface area contributed by atoms with Crippen LogP contribution in [-0.2, 0) is 44.2 Å². The normalized spacial score (nSPS) is 12.0. The Morgan fingerprint density at radius 3 is 1.77 bits per heavy atom. The van der Waals surface area contributed by atoms with Crippen LogP contribution >= 0.6 is 22.6 Å². The number of sulfone groups is 1. The number of sulfonamides is 1. The summed E-state index contributed by atoms with van der Waals surface area (Å²) in [6.07, 6.45) is -0.797. The fraction of sp³-hybridized carbons (Fsp3) is 0.333. The molecule has 304 valence electrons. The van der Waals surface area contributed by atoms with Gasteiger partial charge in [0.2, 0.25) is 15.8 Å². The van der Waals surface area contributed by atoms with Gasteiger partial charge in [0.05, 0.1) is 50.7 Å². The van der Waals surface area contributed by atoms with Gasteiger partial charge in [-0.3, -0.25) is 0 Å². The number of alkyl carbamates (subject to hydrolysis) is 1. The molecular weight excluding hydrogens is 887 g/mol. The lowest BCUT2D eigenvalue weighted by atomic mass is 10.1. The van der Waals surface area contributed by atoms with E-state index in [1.54, 1.807) is 88.5 Å². The molecule has 1 amide bonds. The number of halogens is 1. The zero-order valence-electron chi connectivity index (χ0n) is 32.4. The maximum atomic E-state index is 15.3. The lowest BCUT2D eigenvalue weighted by molar-refractivity contribution is 0.138. The predicted molar refractivity (Wildman–Crippen MR) is 221 cm³/mol. The molecule has 4 aromatic carbocycles. The van der Waals surface area contributed by atoms with E-state index in [1.807, 2.05) is 34.7 Å². The molecule has 1 aromatic heterocycles. The van der Waals surface area contributed by atoms with Crippen LogP contribution in [0.2, 0.25) is 0 Å². The molecule has 0 bridgehead atoms. The number of nitrogens with one attached hydrogen (secondary N) is 1. The molecule has 5 rings (SSSR count). The van der Waals surface area contributed by atoms with Crippen molar-refractivity contribution in [2.75, 3.05) is 33.7 Å². The topological polar surface area (TPSA) is 181 Å². The van der Waals surface area contributed by atoms with E-state index in [0.29, 0.717) is 31.9 Å². The Labute approximate surface area is 346 Å². The highest BCUT2D eigenvalue weighted by Gasteiger charge is 2.37. The molecule has 15 nitrogen and oxygen atoms in total. The van der Waals surface area contributed by atoms with Gasteiger partial charge in [-0.25, -0.2) is 21.6 Å². The second-order valence-electron chi connectivity index (χ2n) is 13.9. The Bertz CT molecular complexity index is 2320. The average molecular weight is 933 g/mol. The molecule has 0 unspecified atom stereocenters. The van der Waals surface area contributed by atoms with Crippen LogP contribution < -0.4 is 19.5 Å². The van der Waals surface area contributed by atoms with Crippen LogP contribution in [0, 0.1) is 3.57 Å². The van der Waals surface area contributed by atoms with Crippen LogP contribution in [-0.4, -0.2) is 86.7 Å². The van der Waals surface area contributed by atoms with Crippen molar-refractivity contribution in [3.63, 3.8) is 0 Å². The number of benzene rings is 4. The first-order chi connectivity index (χ1) is 27.0. The van der Waals surface area contributed by atoms with E-state index in [9.17, 15) is 13.2 Å². The van der Waals surface area contributed by atoms with Crippen LogP contribution in [0.5, 0.6) is 17.2 Å². The van der Waals surface area contributed by atoms with Gasteiger partial charge in [-0.05, 0) is 120 Å². The highest BCUT2D eigenvalue weighted by atomic mass is 127. The van der Waals surface area contributed by atoms with E-state index in [2.05, 4.69) is 20.7 Å². The third kappa shape index (κ3) is 11.4. The molecule has 0 fully saturated rings. The fourth-order valence-corrected chi connectivity index (χ4v) is 10.3. The lowest BCUT2D eigenvalue weighted by Gasteiger charge is -2.25. The van der Waals surface area contributed by atoms with Crippen LogP contribution in [0.3, 0.4) is 0 Å². The summed E-state index contributed by atoms with van der Waals surface area (Å²) in [6, 6.07) is 23.9. The van der Waals surface area contributed by atoms with Crippen molar-refractivity contribution in [3.05, 3.63) is 105 Å². The Morgan fingerprint density at radius 1 is 0.772 bits per heavy atom. The molecule has 0 saturated heterocycles. The molecule has 1 heterocycles. The SMILES string of the molecule is COc1ccc(CN(Cc2ccc(OC)cc2)S(=O)(=O)c2c(S(=O)(=O)CCCOC(=O)NC(C)(C)C)ccc(I)c2-c2nnn(Cc3ccc(OC)cc3)n2)cc1. The largest absolute Gasteiger partial charge is 0.497 e. The van der Waals surface area contributed by atoms with Gasteiger partial charge in [-0.1, -0.05) is 36.4 Å². The van der Waals surface area contributed by atoms with Crippen molar-refractivity contribution in [2.45, 2.75) is 62.2 Å². The summed E-state index contributed by atoms with van der Waals surface area (Å²) < 4.78 is 82.0. The zero-order valence-corrected chi connectivity index (χ0v) is 36.2. The summed E-state index contributed by atoms with van der Waals surface area (Å²) in [4.78, 5) is 12.6. The van der Waals surface area contributed by atoms with Gasteiger partial charge in [0.1, 0.15) is 22.1 Å². The monoisotopic (exact) mass is 932 g/mol. The molecule has 0 radical (unpaired) electrons. The second-order valence-corrected chi connectivity index (χ2v) is 19.0. The number of ether oxygens (including phenoxy) is 4. The van der Waals surface area contributed by atoms with Crippen molar-refractivity contribution in [3.8, 4) is 28.6 Å². The molecule has 0 aliphatic heterocycles. The first kappa shape index (κ1) is 43.3. The zero-order chi connectivity index (χ0) is 41.4. The third-order valence-electron chi connectivity index (χ3n) is 8.47. The minimum absolute atomic E-state index is 0.0204. The van der Waals surface area contributed by atoms with E-state index < -0.39 is 47.0 Å². The Hall–Kier alpha value is -4.79. The maximum Gasteiger partial charge on any atom is 0.407 e. The summed E-state index contributed by atoms with van der Waals surface area (Å²) in [5, 5.41) is 15.7. The third-order valence-corrected chi connectivity index (χ3v) is 13.2. The van der Waals surface area contributed by atoms with E-state index in [4.69, 9.17) is 18.9 Å². The number of carbonyl (C=O) groups excluding carboxylic acids is 1. The molecule has 5 aromatic rings. The summed E-state index contributed by atoms with van der Waals surface area (Å²) in [6.45, 7) is 5.07. The van der Waals surface area contributed by atoms with Gasteiger partial charge >= 0.3 is 6.09 Å². The summed E-state index contributed by atoms with van der Waals surface area (Å²) >= 11 is 1.95. The number of carbonyl (C=O) groups is 1. The highest BCUT2D eigenvalue weighted by molar-refractivity contribution is 14.1. The quantitative estimate of drug-likeness (QED) is 0.0838. The van der Waals surface area contributed by atoms with Gasteiger partial charge in [0, 0.05) is 22.2 Å². The van der Waals surface area contributed by atoms with E-state index in [-0.39, 0.29) is 44.0 Å². The molecule has 0 spiro atoms. The average Bonchev–Trinajstić information content (AvgIpc) is 3.64. The van der Waals surface area contributed by atoms with Crippen LogP contribution in [0.15, 0.2) is 94.7 Å². The predicted octanol–water partition coefficient (Wildman–Crippen LogP) is 6.10. The molecule has 18 heteroatoms. The molecule has 0 aliphatic carbocycles. The van der Waals surface area contributed by atoms with Gasteiger partial charge in [0.15, 0.2) is 9.84 Å². The number of hydrogen-bond acceptors (Lipinski definition) is 12. The highest BCUT2D eigenvalue weighted by Crippen LogP contribution is 2.38. The summed E-state index contributed by atoms with van der Waals surface area (Å²) in [5.74, 6) is 1.23. The Balaban J connectivity index is 1.62. The van der Waals surface area contributed by atoms with Gasteiger partial charge in [0.25, 0.3) is 0 Å². The molecule has 0 aliphatic rings. The van der Waals surface area contributed by atoms with Gasteiger partial charge in [-0.2, -0.15) is 9.10 Å². The van der Waals surface area contributed by atoms with Gasteiger partial charge in [-0.15, -0.1) is 10.2 Å². The standard InChI is InChI=1S/C39H45IN6O9S2/c1-39(2,3)41-38(47)55-22-7-23-56(48,49)34-21-20-33(40)35(37-42-44-46(43-37)26-29-12-18-32(54-6)19-13-29)36(34)57(50,51)45(24-27-8-14-30(52-4)15-9-27)25-28-10-16-31(53-5)17-11-28/h8-21H,7,22-26H2,1-6H3,(H,41,47). The van der Waals surface area contributed by atoms with Crippen molar-refractivity contribution in [1.82, 2.24) is 29.8 Å². The molecule has 0 saturated carbocycles. The Kier molecular flexibility index (Phi) is 14.2. The second kappa shape index (κ2) is 18.6. The van der Waals surface area contributed by atoms with E-state index in [1.165, 1.54) is 35.5 Å². The van der Waals surface area contributed by atoms with E-state index >= 15 is 8.42 Å². The lowest BCUT2D eigenvalue weighted by Crippen LogP contribution is -2.41. The Morgan fingerprint density at radius 2 is 1.28 bits per heavy atom. The van der Waals surface area contributed by atoms with E-state index in [0.717, 1.165) is 5.56 Å². The number of aromatic nitrogens is 4. The summed E-state index contributed by atoms with van der Waals surface area (Å²) in [7, 11) is -4.42. The van der Waals surface area contributed by atoms with Crippen molar-refractivity contribution in [2.24, 2.45) is 0 Å². The molecule has 57 heavy (non-hydrogen) atoms. The van der Waals surface area contributed by atoms with Crippen molar-refractivity contribution < 1.29 is 40.6 Å². The first-order valence-corrected chi connectivity index (χ1v) is 21.9.